The molecule has 0 aliphatic carbocycles. The van der Waals surface area contributed by atoms with Crippen LogP contribution in [0.5, 0.6) is 0 Å². The van der Waals surface area contributed by atoms with E-state index in [9.17, 15) is 14.4 Å². The zero-order valence-electron chi connectivity index (χ0n) is 9.10. The minimum atomic E-state index is -1.20. The maximum atomic E-state index is 11.6. The van der Waals surface area contributed by atoms with E-state index >= 15 is 0 Å². The molecule has 0 bridgehead atoms. The number of rotatable bonds is 5. The molecule has 0 aliphatic heterocycles. The van der Waals surface area contributed by atoms with E-state index in [4.69, 9.17) is 5.11 Å². The van der Waals surface area contributed by atoms with Gasteiger partial charge in [0.1, 0.15) is 0 Å². The van der Waals surface area contributed by atoms with Crippen LogP contribution in [0.3, 0.4) is 0 Å². The molecule has 1 unspecified atom stereocenters. The van der Waals surface area contributed by atoms with Gasteiger partial charge in [-0.05, 0) is 6.07 Å². The smallest absolute Gasteiger partial charge is 0.328 e. The highest BCUT2D eigenvalue weighted by Crippen LogP contribution is 1.95. The molecular weight excluding hydrogens is 228 g/mol. The van der Waals surface area contributed by atoms with E-state index in [1.165, 1.54) is 19.4 Å². The Kier molecular flexibility index (Phi) is 4.41. The Morgan fingerprint density at radius 1 is 1.59 bits per heavy atom. The summed E-state index contributed by atoms with van der Waals surface area (Å²) in [6.45, 7) is -0.149. The molecule has 3 N–H and O–H groups in total. The molecule has 0 aromatic carbocycles. The lowest BCUT2D eigenvalue weighted by Crippen LogP contribution is -2.44. The number of amides is 1. The molecule has 0 spiro atoms. The van der Waals surface area contributed by atoms with Crippen LogP contribution < -0.4 is 10.9 Å². The van der Waals surface area contributed by atoms with Gasteiger partial charge in [-0.1, -0.05) is 0 Å². The van der Waals surface area contributed by atoms with Crippen molar-refractivity contribution in [1.29, 1.82) is 0 Å². The number of methoxy groups -OCH3 is 1. The van der Waals surface area contributed by atoms with Crippen molar-refractivity contribution in [3.05, 3.63) is 34.2 Å². The second-order valence-electron chi connectivity index (χ2n) is 3.26. The molecule has 92 valence electrons. The highest BCUT2D eigenvalue weighted by molar-refractivity contribution is 5.96. The van der Waals surface area contributed by atoms with Crippen molar-refractivity contribution in [1.82, 2.24) is 10.3 Å². The molecule has 7 heteroatoms. The Morgan fingerprint density at radius 3 is 2.82 bits per heavy atom. The first-order valence-corrected chi connectivity index (χ1v) is 4.76. The third-order valence-electron chi connectivity index (χ3n) is 1.97. The predicted molar refractivity (Wildman–Crippen MR) is 57.8 cm³/mol. The fraction of sp³-hybridized carbons (Fsp3) is 0.300. The Balaban J connectivity index is 2.77. The molecule has 0 aliphatic rings. The molecule has 1 heterocycles. The number of aromatic nitrogens is 1. The van der Waals surface area contributed by atoms with E-state index in [0.29, 0.717) is 0 Å². The minimum Gasteiger partial charge on any atom is -0.480 e. The van der Waals surface area contributed by atoms with Crippen LogP contribution in [-0.4, -0.2) is 41.7 Å². The van der Waals surface area contributed by atoms with Gasteiger partial charge in [0.15, 0.2) is 6.04 Å². The molecular formula is C10H12N2O5. The van der Waals surface area contributed by atoms with E-state index in [1.54, 1.807) is 0 Å². The van der Waals surface area contributed by atoms with Crippen LogP contribution in [0.1, 0.15) is 10.4 Å². The predicted octanol–water partition coefficient (Wildman–Crippen LogP) is -0.796. The van der Waals surface area contributed by atoms with Crippen molar-refractivity contribution in [2.24, 2.45) is 0 Å². The second-order valence-corrected chi connectivity index (χ2v) is 3.26. The van der Waals surface area contributed by atoms with Crippen molar-refractivity contribution in [3.63, 3.8) is 0 Å². The zero-order valence-corrected chi connectivity index (χ0v) is 9.10. The second kappa shape index (κ2) is 5.80. The number of carboxylic acid groups (broad SMARTS) is 1. The van der Waals surface area contributed by atoms with Crippen LogP contribution in [0.4, 0.5) is 0 Å². The van der Waals surface area contributed by atoms with Crippen molar-refractivity contribution >= 4 is 11.9 Å². The third kappa shape index (κ3) is 3.72. The molecule has 7 nitrogen and oxygen atoms in total. The van der Waals surface area contributed by atoms with Gasteiger partial charge < -0.3 is 20.1 Å². The monoisotopic (exact) mass is 240 g/mol. The fourth-order valence-electron chi connectivity index (χ4n) is 1.17. The van der Waals surface area contributed by atoms with Crippen LogP contribution in [-0.2, 0) is 9.53 Å². The Morgan fingerprint density at radius 2 is 2.29 bits per heavy atom. The van der Waals surface area contributed by atoms with Gasteiger partial charge in [0, 0.05) is 24.9 Å². The molecule has 0 radical (unpaired) electrons. The van der Waals surface area contributed by atoms with E-state index < -0.39 is 23.5 Å². The SMILES string of the molecule is COCC(NC(=O)c1cc[nH]c(=O)c1)C(=O)O. The molecule has 0 saturated heterocycles. The van der Waals surface area contributed by atoms with Gasteiger partial charge in [0.05, 0.1) is 6.61 Å². The van der Waals surface area contributed by atoms with Gasteiger partial charge in [-0.2, -0.15) is 0 Å². The molecule has 1 rings (SSSR count). The molecule has 0 fully saturated rings. The molecule has 1 atom stereocenters. The quantitative estimate of drug-likeness (QED) is 0.624. The summed E-state index contributed by atoms with van der Waals surface area (Å²) in [5.74, 6) is -1.84. The van der Waals surface area contributed by atoms with Crippen molar-refractivity contribution < 1.29 is 19.4 Å². The van der Waals surface area contributed by atoms with E-state index in [0.717, 1.165) is 6.07 Å². The van der Waals surface area contributed by atoms with Crippen LogP contribution in [0, 0.1) is 0 Å². The number of aromatic amines is 1. The highest BCUT2D eigenvalue weighted by atomic mass is 16.5. The van der Waals surface area contributed by atoms with E-state index in [-0.39, 0.29) is 12.2 Å². The summed E-state index contributed by atoms with van der Waals surface area (Å²) < 4.78 is 4.66. The average molecular weight is 240 g/mol. The fourth-order valence-corrected chi connectivity index (χ4v) is 1.17. The molecule has 1 aromatic rings. The average Bonchev–Trinajstić information content (AvgIpc) is 2.28. The lowest BCUT2D eigenvalue weighted by atomic mass is 10.2. The lowest BCUT2D eigenvalue weighted by molar-refractivity contribution is -0.140. The molecule has 1 amide bonds. The van der Waals surface area contributed by atoms with E-state index in [2.05, 4.69) is 15.0 Å². The van der Waals surface area contributed by atoms with Crippen molar-refractivity contribution in [3.8, 4) is 0 Å². The number of pyridine rings is 1. The summed E-state index contributed by atoms with van der Waals surface area (Å²) in [4.78, 5) is 35.7. The Labute approximate surface area is 96.4 Å². The summed E-state index contributed by atoms with van der Waals surface area (Å²) >= 11 is 0. The zero-order chi connectivity index (χ0) is 12.8. The number of nitrogens with one attached hydrogen (secondary N) is 2. The highest BCUT2D eigenvalue weighted by Gasteiger charge is 2.20. The number of H-pyrrole nitrogens is 1. The standard InChI is InChI=1S/C10H12N2O5/c1-17-5-7(10(15)16)12-9(14)6-2-3-11-8(13)4-6/h2-4,7H,5H2,1H3,(H,11,13)(H,12,14)(H,15,16). The Hall–Kier alpha value is -2.15. The summed E-state index contributed by atoms with van der Waals surface area (Å²) in [6, 6.07) is 1.32. The molecule has 0 saturated carbocycles. The summed E-state index contributed by atoms with van der Waals surface area (Å²) in [5, 5.41) is 11.0. The number of carbonyl (C=O) groups excluding carboxylic acids is 1. The molecule has 17 heavy (non-hydrogen) atoms. The van der Waals surface area contributed by atoms with Crippen molar-refractivity contribution in [2.75, 3.05) is 13.7 Å². The van der Waals surface area contributed by atoms with Gasteiger partial charge in [-0.3, -0.25) is 9.59 Å². The first-order chi connectivity index (χ1) is 8.04. The van der Waals surface area contributed by atoms with Crippen LogP contribution in [0.25, 0.3) is 0 Å². The maximum Gasteiger partial charge on any atom is 0.328 e. The number of ether oxygens (including phenoxy) is 1. The Bertz CT molecular complexity index is 468. The molecule has 1 aromatic heterocycles. The minimum absolute atomic E-state index is 0.0936. The van der Waals surface area contributed by atoms with Crippen LogP contribution in [0.15, 0.2) is 23.1 Å². The summed E-state index contributed by atoms with van der Waals surface area (Å²) in [5.41, 5.74) is -0.340. The first-order valence-electron chi connectivity index (χ1n) is 4.76. The van der Waals surface area contributed by atoms with Crippen molar-refractivity contribution in [2.45, 2.75) is 6.04 Å². The van der Waals surface area contributed by atoms with Crippen LogP contribution in [0.2, 0.25) is 0 Å². The number of hydrogen-bond acceptors (Lipinski definition) is 4. The summed E-state index contributed by atoms with van der Waals surface area (Å²) in [6.07, 6.45) is 1.31. The van der Waals surface area contributed by atoms with Gasteiger partial charge in [0.25, 0.3) is 5.91 Å². The lowest BCUT2D eigenvalue weighted by Gasteiger charge is -2.13. The number of hydrogen-bond donors (Lipinski definition) is 3. The summed E-state index contributed by atoms with van der Waals surface area (Å²) in [7, 11) is 1.33. The van der Waals surface area contributed by atoms with Gasteiger partial charge in [0.2, 0.25) is 5.56 Å². The van der Waals surface area contributed by atoms with Gasteiger partial charge in [-0.15, -0.1) is 0 Å². The number of carbonyl (C=O) groups is 2. The normalized spacial score (nSPS) is 11.8. The maximum absolute atomic E-state index is 11.6. The van der Waals surface area contributed by atoms with E-state index in [1.807, 2.05) is 0 Å². The number of carboxylic acids is 1. The third-order valence-corrected chi connectivity index (χ3v) is 1.97. The first kappa shape index (κ1) is 12.9. The largest absolute Gasteiger partial charge is 0.480 e. The van der Waals surface area contributed by atoms with Gasteiger partial charge in [-0.25, -0.2) is 4.79 Å². The topological polar surface area (TPSA) is 108 Å². The van der Waals surface area contributed by atoms with Gasteiger partial charge >= 0.3 is 5.97 Å². The number of aliphatic carboxylic acids is 1. The van der Waals surface area contributed by atoms with Crippen LogP contribution >= 0.6 is 0 Å².